The molecule has 0 aliphatic heterocycles. The van der Waals surface area contributed by atoms with Crippen LogP contribution in [0.3, 0.4) is 0 Å². The molecule has 0 amide bonds. The van der Waals surface area contributed by atoms with Crippen LogP contribution >= 0.6 is 0 Å². The molecule has 2 heteroatoms. The molecule has 0 bridgehead atoms. The number of carbonyl (C=O) groups is 1. The summed E-state index contributed by atoms with van der Waals surface area (Å²) >= 11 is 0. The summed E-state index contributed by atoms with van der Waals surface area (Å²) < 4.78 is 0. The lowest BCUT2D eigenvalue weighted by Gasteiger charge is -2.01. The number of ketones is 1. The van der Waals surface area contributed by atoms with Crippen molar-refractivity contribution < 1.29 is 4.79 Å². The van der Waals surface area contributed by atoms with Crippen molar-refractivity contribution in [2.45, 2.75) is 13.0 Å². The zero-order chi connectivity index (χ0) is 12.8. The van der Waals surface area contributed by atoms with Gasteiger partial charge < -0.3 is 0 Å². The highest BCUT2D eigenvalue weighted by atomic mass is 16.1. The highest BCUT2D eigenvalue weighted by molar-refractivity contribution is 6.01. The monoisotopic (exact) mass is 236 g/mol. The summed E-state index contributed by atoms with van der Waals surface area (Å²) in [6.07, 6.45) is 0. The molecule has 1 unspecified atom stereocenters. The van der Waals surface area contributed by atoms with Gasteiger partial charge in [-0.1, -0.05) is 65.5 Å². The lowest BCUT2D eigenvalue weighted by molar-refractivity contribution is 0.0975. The predicted molar refractivity (Wildman–Crippen MR) is 72.9 cm³/mol. The van der Waals surface area contributed by atoms with Gasteiger partial charge in [-0.2, -0.15) is 0 Å². The first-order valence-electron chi connectivity index (χ1n) is 5.83. The zero-order valence-corrected chi connectivity index (χ0v) is 10.2. The molecule has 0 saturated heterocycles. The summed E-state index contributed by atoms with van der Waals surface area (Å²) in [7, 11) is 0. The maximum Gasteiger partial charge on any atom is 0.358 e. The van der Waals surface area contributed by atoms with Gasteiger partial charge in [-0.3, -0.25) is 4.79 Å². The Bertz CT molecular complexity index is 579. The second-order valence-electron chi connectivity index (χ2n) is 3.90. The van der Waals surface area contributed by atoms with Crippen LogP contribution < -0.4 is 0 Å². The van der Waals surface area contributed by atoms with Gasteiger partial charge in [0.2, 0.25) is 0 Å². The first-order chi connectivity index (χ1) is 8.83. The molecule has 0 saturated carbocycles. The number of hydrogen-bond donors (Lipinski definition) is 0. The second-order valence-corrected chi connectivity index (χ2v) is 3.90. The molecular formula is C16H14NO+. The van der Waals surface area contributed by atoms with Gasteiger partial charge in [0.1, 0.15) is 0 Å². The van der Waals surface area contributed by atoms with Crippen LogP contribution in [0.2, 0.25) is 0 Å². The van der Waals surface area contributed by atoms with E-state index >= 15 is 0 Å². The molecule has 0 aliphatic carbocycles. The van der Waals surface area contributed by atoms with Gasteiger partial charge in [0.05, 0.1) is 6.92 Å². The molecule has 0 radical (unpaired) electrons. The van der Waals surface area contributed by atoms with Crippen molar-refractivity contribution in [1.29, 1.82) is 0 Å². The molecule has 88 valence electrons. The fraction of sp³-hybridized carbons (Fsp3) is 0.125. The van der Waals surface area contributed by atoms with E-state index in [0.29, 0.717) is 5.56 Å². The van der Waals surface area contributed by atoms with E-state index in [2.05, 4.69) is 10.9 Å². The van der Waals surface area contributed by atoms with Crippen LogP contribution in [0.1, 0.15) is 28.9 Å². The molecular weight excluding hydrogens is 222 g/mol. The normalized spacial score (nSPS) is 11.2. The van der Waals surface area contributed by atoms with Gasteiger partial charge in [0.25, 0.3) is 11.9 Å². The third-order valence-electron chi connectivity index (χ3n) is 2.68. The Hall–Kier alpha value is -2.40. The number of rotatable bonds is 3. The van der Waals surface area contributed by atoms with Gasteiger partial charge >= 0.3 is 6.04 Å². The third kappa shape index (κ3) is 2.64. The lowest BCUT2D eigenvalue weighted by atomic mass is 9.98. The van der Waals surface area contributed by atoms with Crippen LogP contribution in [-0.4, -0.2) is 5.78 Å². The van der Waals surface area contributed by atoms with Gasteiger partial charge in [-0.25, -0.2) is 0 Å². The van der Waals surface area contributed by atoms with Crippen molar-refractivity contribution in [2.75, 3.05) is 0 Å². The third-order valence-corrected chi connectivity index (χ3v) is 2.68. The average molecular weight is 236 g/mol. The van der Waals surface area contributed by atoms with Crippen LogP contribution in [-0.2, 0) is 0 Å². The van der Waals surface area contributed by atoms with Gasteiger partial charge in [0, 0.05) is 11.1 Å². The van der Waals surface area contributed by atoms with Gasteiger partial charge in [0.15, 0.2) is 0 Å². The fourth-order valence-corrected chi connectivity index (χ4v) is 1.81. The maximum absolute atomic E-state index is 12.4. The van der Waals surface area contributed by atoms with Crippen molar-refractivity contribution in [3.05, 3.63) is 76.6 Å². The van der Waals surface area contributed by atoms with Crippen LogP contribution in [0.4, 0.5) is 0 Å². The minimum Gasteiger partial charge on any atom is -0.285 e. The van der Waals surface area contributed by atoms with E-state index in [9.17, 15) is 4.79 Å². The van der Waals surface area contributed by atoms with E-state index in [1.165, 1.54) is 0 Å². The molecule has 0 heterocycles. The van der Waals surface area contributed by atoms with Gasteiger partial charge in [-0.15, -0.1) is 0 Å². The van der Waals surface area contributed by atoms with Crippen LogP contribution in [0.25, 0.3) is 4.85 Å². The highest BCUT2D eigenvalue weighted by Gasteiger charge is 2.30. The van der Waals surface area contributed by atoms with Crippen molar-refractivity contribution in [2.24, 2.45) is 0 Å². The van der Waals surface area contributed by atoms with E-state index in [4.69, 9.17) is 0 Å². The molecule has 0 spiro atoms. The summed E-state index contributed by atoms with van der Waals surface area (Å²) in [6.45, 7) is 1.70. The van der Waals surface area contributed by atoms with E-state index < -0.39 is 6.04 Å². The molecule has 0 aromatic heterocycles. The summed E-state index contributed by atoms with van der Waals surface area (Å²) in [5.74, 6) is -0.00356. The Morgan fingerprint density at radius 1 is 1.00 bits per heavy atom. The van der Waals surface area contributed by atoms with Crippen LogP contribution in [0.5, 0.6) is 0 Å². The summed E-state index contributed by atoms with van der Waals surface area (Å²) in [5.41, 5.74) is 1.56. The van der Waals surface area contributed by atoms with E-state index in [1.54, 1.807) is 6.92 Å². The summed E-state index contributed by atoms with van der Waals surface area (Å²) in [5, 5.41) is 0. The van der Waals surface area contributed by atoms with Crippen molar-refractivity contribution in [1.82, 2.24) is 0 Å². The largest absolute Gasteiger partial charge is 0.358 e. The quantitative estimate of drug-likeness (QED) is 0.739. The zero-order valence-electron chi connectivity index (χ0n) is 10.2. The van der Waals surface area contributed by atoms with E-state index in [1.807, 2.05) is 60.7 Å². The SMILES string of the molecule is CC#[N+]C(C(=O)c1ccccc1)c1ccccc1. The molecule has 2 rings (SSSR count). The van der Waals surface area contributed by atoms with E-state index in [0.717, 1.165) is 5.56 Å². The van der Waals surface area contributed by atoms with Crippen molar-refractivity contribution in [3.8, 4) is 6.07 Å². The summed E-state index contributed by atoms with van der Waals surface area (Å²) in [4.78, 5) is 16.6. The predicted octanol–water partition coefficient (Wildman–Crippen LogP) is 3.96. The number of carbonyl (C=O) groups excluding carboxylic acids is 1. The highest BCUT2D eigenvalue weighted by Crippen LogP contribution is 2.22. The first kappa shape index (κ1) is 12.1. The van der Waals surface area contributed by atoms with Crippen molar-refractivity contribution in [3.63, 3.8) is 0 Å². The summed E-state index contributed by atoms with van der Waals surface area (Å²) in [6, 6.07) is 21.0. The number of nitrogens with zero attached hydrogens (tertiary/aromatic N) is 1. The molecule has 1 atom stereocenters. The Labute approximate surface area is 107 Å². The molecule has 0 fully saturated rings. The Morgan fingerprint density at radius 2 is 1.56 bits per heavy atom. The number of benzene rings is 2. The van der Waals surface area contributed by atoms with E-state index in [-0.39, 0.29) is 5.78 Å². The Kier molecular flexibility index (Phi) is 3.88. The molecule has 18 heavy (non-hydrogen) atoms. The lowest BCUT2D eigenvalue weighted by Crippen LogP contribution is -2.09. The average Bonchev–Trinajstić information content (AvgIpc) is 2.46. The van der Waals surface area contributed by atoms with Crippen LogP contribution in [0, 0.1) is 6.07 Å². The molecule has 0 aliphatic rings. The Morgan fingerprint density at radius 3 is 2.11 bits per heavy atom. The molecule has 0 N–H and O–H groups in total. The topological polar surface area (TPSA) is 21.4 Å². The molecule has 2 nitrogen and oxygen atoms in total. The first-order valence-corrected chi connectivity index (χ1v) is 5.83. The van der Waals surface area contributed by atoms with Crippen molar-refractivity contribution >= 4 is 5.78 Å². The standard InChI is InChI=1S/C16H14NO/c1-2-17-15(13-9-5-3-6-10-13)16(18)14-11-7-4-8-12-14/h3-12,15H,1H3/q+1. The van der Waals surface area contributed by atoms with Gasteiger partial charge in [-0.05, 0) is 0 Å². The maximum atomic E-state index is 12.4. The smallest absolute Gasteiger partial charge is 0.285 e. The molecule has 2 aromatic rings. The van der Waals surface area contributed by atoms with Crippen LogP contribution in [0.15, 0.2) is 60.7 Å². The molecule has 2 aromatic carbocycles. The number of Topliss-reactive ketones (excluding diaryl/α,β-unsaturated/α-hetero) is 1. The fourth-order valence-electron chi connectivity index (χ4n) is 1.81. The number of hydrogen-bond acceptors (Lipinski definition) is 1. The Balaban J connectivity index is 2.37. The minimum atomic E-state index is -0.501. The second kappa shape index (κ2) is 5.79. The minimum absolute atomic E-state index is 0.00356.